The fourth-order valence-electron chi connectivity index (χ4n) is 2.29. The quantitative estimate of drug-likeness (QED) is 0.815. The molecule has 1 aromatic rings. The van der Waals surface area contributed by atoms with Crippen LogP contribution in [0.25, 0.3) is 0 Å². The van der Waals surface area contributed by atoms with Gasteiger partial charge in [0, 0.05) is 11.6 Å². The Morgan fingerprint density at radius 1 is 1.05 bits per heavy atom. The molecule has 0 fully saturated rings. The van der Waals surface area contributed by atoms with Gasteiger partial charge < -0.3 is 19.7 Å². The van der Waals surface area contributed by atoms with Crippen LogP contribution in [0.4, 0.5) is 0 Å². The molecule has 2 rings (SSSR count). The smallest absolute Gasteiger partial charge is 0.232 e. The summed E-state index contributed by atoms with van der Waals surface area (Å²) in [6, 6.07) is 0. The van der Waals surface area contributed by atoms with Gasteiger partial charge in [-0.05, 0) is 6.42 Å². The van der Waals surface area contributed by atoms with Gasteiger partial charge in [-0.3, -0.25) is 9.59 Å². The van der Waals surface area contributed by atoms with E-state index in [0.717, 1.165) is 6.08 Å². The van der Waals surface area contributed by atoms with Crippen LogP contribution in [0.2, 0.25) is 0 Å². The number of carbonyl (C=O) groups is 2. The second-order valence-electron chi connectivity index (χ2n) is 4.22. The molecular weight excluding hydrogens is 264 g/mol. The van der Waals surface area contributed by atoms with Crippen LogP contribution in [0.15, 0.2) is 11.8 Å². The van der Waals surface area contributed by atoms with Gasteiger partial charge in [0.2, 0.25) is 5.78 Å². The molecule has 0 saturated heterocycles. The molecule has 2 N–H and O–H groups in total. The molecule has 6 heteroatoms. The van der Waals surface area contributed by atoms with Crippen molar-refractivity contribution in [3.63, 3.8) is 0 Å². The average Bonchev–Trinajstić information content (AvgIpc) is 2.44. The number of methoxy groups -OCH3 is 2. The zero-order chi connectivity index (χ0) is 15.0. The Morgan fingerprint density at radius 3 is 2.20 bits per heavy atom. The number of fused-ring (bicyclic) bond motifs is 1. The predicted octanol–water partition coefficient (Wildman–Crippen LogP) is 1.58. The minimum atomic E-state index is -0.671. The SMILES string of the molecule is CCc1c(O)c2c(c(O)c1OC)C(=O)C(OC)=CC2=O. The number of allylic oxidation sites excluding steroid dienone is 2. The molecule has 0 atom stereocenters. The van der Waals surface area contributed by atoms with Crippen molar-refractivity contribution in [2.75, 3.05) is 14.2 Å². The number of phenols is 2. The number of rotatable bonds is 3. The predicted molar refractivity (Wildman–Crippen MR) is 69.5 cm³/mol. The number of aromatic hydroxyl groups is 2. The Morgan fingerprint density at radius 2 is 1.70 bits per heavy atom. The van der Waals surface area contributed by atoms with Gasteiger partial charge in [0.25, 0.3) is 0 Å². The first kappa shape index (κ1) is 13.9. The lowest BCUT2D eigenvalue weighted by atomic mass is 9.88. The van der Waals surface area contributed by atoms with E-state index in [1.165, 1.54) is 14.2 Å². The summed E-state index contributed by atoms with van der Waals surface area (Å²) >= 11 is 0. The largest absolute Gasteiger partial charge is 0.507 e. The van der Waals surface area contributed by atoms with Crippen molar-refractivity contribution in [1.82, 2.24) is 0 Å². The molecule has 0 bridgehead atoms. The number of Topliss-reactive ketones (excluding diaryl/α,β-unsaturated/α-hetero) is 1. The summed E-state index contributed by atoms with van der Waals surface area (Å²) < 4.78 is 9.85. The maximum absolute atomic E-state index is 12.2. The second kappa shape index (κ2) is 4.88. The molecule has 6 nitrogen and oxygen atoms in total. The number of hydrogen-bond donors (Lipinski definition) is 2. The molecule has 1 aromatic carbocycles. The standard InChI is InChI=1S/C14H14O6/c1-4-6-11(16)9-7(15)5-8(19-2)12(17)10(9)13(18)14(6)20-3/h5,16,18H,4H2,1-3H3. The summed E-state index contributed by atoms with van der Waals surface area (Å²) in [6.45, 7) is 1.73. The molecule has 1 aliphatic rings. The van der Waals surface area contributed by atoms with Crippen molar-refractivity contribution >= 4 is 11.6 Å². The molecule has 0 spiro atoms. The van der Waals surface area contributed by atoms with Crippen LogP contribution in [0.5, 0.6) is 17.2 Å². The average molecular weight is 278 g/mol. The molecular formula is C14H14O6. The summed E-state index contributed by atoms with van der Waals surface area (Å²) in [4.78, 5) is 24.2. The third-order valence-electron chi connectivity index (χ3n) is 3.24. The number of phenolic OH excluding ortho intramolecular Hbond substituents is 2. The third-order valence-corrected chi connectivity index (χ3v) is 3.24. The summed E-state index contributed by atoms with van der Waals surface area (Å²) in [5.74, 6) is -2.27. The molecule has 106 valence electrons. The van der Waals surface area contributed by atoms with Crippen LogP contribution >= 0.6 is 0 Å². The van der Waals surface area contributed by atoms with Gasteiger partial charge in [0.1, 0.15) is 5.75 Å². The van der Waals surface area contributed by atoms with Gasteiger partial charge in [-0.1, -0.05) is 6.92 Å². The van der Waals surface area contributed by atoms with Crippen molar-refractivity contribution < 1.29 is 29.3 Å². The monoisotopic (exact) mass is 278 g/mol. The Hall–Kier alpha value is -2.50. The zero-order valence-electron chi connectivity index (χ0n) is 11.3. The van der Waals surface area contributed by atoms with Gasteiger partial charge in [-0.15, -0.1) is 0 Å². The van der Waals surface area contributed by atoms with E-state index < -0.39 is 17.3 Å². The number of benzene rings is 1. The van der Waals surface area contributed by atoms with Crippen LogP contribution < -0.4 is 4.74 Å². The van der Waals surface area contributed by atoms with Crippen molar-refractivity contribution in [2.45, 2.75) is 13.3 Å². The highest BCUT2D eigenvalue weighted by molar-refractivity contribution is 6.26. The molecule has 0 aliphatic heterocycles. The lowest BCUT2D eigenvalue weighted by molar-refractivity contribution is 0.0911. The van der Waals surface area contributed by atoms with E-state index in [0.29, 0.717) is 6.42 Å². The highest BCUT2D eigenvalue weighted by Gasteiger charge is 2.35. The number of ether oxygens (including phenoxy) is 2. The summed E-state index contributed by atoms with van der Waals surface area (Å²) in [6.07, 6.45) is 1.33. The lowest BCUT2D eigenvalue weighted by Crippen LogP contribution is -2.19. The van der Waals surface area contributed by atoms with Crippen molar-refractivity contribution in [2.24, 2.45) is 0 Å². The van der Waals surface area contributed by atoms with Gasteiger partial charge in [-0.25, -0.2) is 0 Å². The zero-order valence-corrected chi connectivity index (χ0v) is 11.3. The van der Waals surface area contributed by atoms with E-state index in [4.69, 9.17) is 9.47 Å². The topological polar surface area (TPSA) is 93.1 Å². The molecule has 20 heavy (non-hydrogen) atoms. The van der Waals surface area contributed by atoms with Crippen LogP contribution in [0, 0.1) is 0 Å². The highest BCUT2D eigenvalue weighted by atomic mass is 16.5. The van der Waals surface area contributed by atoms with Crippen LogP contribution in [0.1, 0.15) is 33.2 Å². The van der Waals surface area contributed by atoms with Gasteiger partial charge in [0.05, 0.1) is 25.3 Å². The van der Waals surface area contributed by atoms with Crippen LogP contribution in [0.3, 0.4) is 0 Å². The van der Waals surface area contributed by atoms with E-state index in [2.05, 4.69) is 0 Å². The Labute approximate surface area is 115 Å². The summed E-state index contributed by atoms with van der Waals surface area (Å²) in [7, 11) is 2.55. The molecule has 0 unspecified atom stereocenters. The third kappa shape index (κ3) is 1.72. The number of hydrogen-bond acceptors (Lipinski definition) is 6. The second-order valence-corrected chi connectivity index (χ2v) is 4.22. The Kier molecular flexibility index (Phi) is 3.40. The molecule has 0 amide bonds. The number of ketones is 2. The Balaban J connectivity index is 2.86. The molecule has 0 aromatic heterocycles. The minimum absolute atomic E-state index is 0.0118. The molecule has 0 saturated carbocycles. The van der Waals surface area contributed by atoms with E-state index in [9.17, 15) is 19.8 Å². The first-order valence-electron chi connectivity index (χ1n) is 5.97. The molecule has 0 heterocycles. The molecule has 1 aliphatic carbocycles. The maximum atomic E-state index is 12.2. The van der Waals surface area contributed by atoms with E-state index in [1.807, 2.05) is 0 Å². The van der Waals surface area contributed by atoms with Gasteiger partial charge in [-0.2, -0.15) is 0 Å². The van der Waals surface area contributed by atoms with E-state index >= 15 is 0 Å². The Bertz CT molecular complexity index is 642. The molecule has 0 radical (unpaired) electrons. The van der Waals surface area contributed by atoms with Crippen LogP contribution in [-0.4, -0.2) is 36.0 Å². The van der Waals surface area contributed by atoms with Crippen LogP contribution in [-0.2, 0) is 11.2 Å². The first-order valence-corrected chi connectivity index (χ1v) is 5.97. The van der Waals surface area contributed by atoms with Crippen molar-refractivity contribution in [1.29, 1.82) is 0 Å². The lowest BCUT2D eigenvalue weighted by Gasteiger charge is -2.21. The minimum Gasteiger partial charge on any atom is -0.507 e. The van der Waals surface area contributed by atoms with Gasteiger partial charge >= 0.3 is 0 Å². The summed E-state index contributed by atoms with van der Waals surface area (Å²) in [5.41, 5.74) is -0.231. The highest BCUT2D eigenvalue weighted by Crippen LogP contribution is 2.45. The first-order chi connectivity index (χ1) is 9.47. The number of carbonyl (C=O) groups excluding carboxylic acids is 2. The van der Waals surface area contributed by atoms with E-state index in [1.54, 1.807) is 6.92 Å². The fourth-order valence-corrected chi connectivity index (χ4v) is 2.29. The fraction of sp³-hybridized carbons (Fsp3) is 0.286. The van der Waals surface area contributed by atoms with Crippen molar-refractivity contribution in [3.05, 3.63) is 28.5 Å². The van der Waals surface area contributed by atoms with E-state index in [-0.39, 0.29) is 33.9 Å². The summed E-state index contributed by atoms with van der Waals surface area (Å²) in [5, 5.41) is 20.4. The van der Waals surface area contributed by atoms with Crippen molar-refractivity contribution in [3.8, 4) is 17.2 Å². The maximum Gasteiger partial charge on any atom is 0.232 e. The normalized spacial score (nSPS) is 13.8. The van der Waals surface area contributed by atoms with Gasteiger partial charge in [0.15, 0.2) is 23.0 Å².